The van der Waals surface area contributed by atoms with Crippen LogP contribution in [0.5, 0.6) is 23.0 Å². The number of rotatable bonds is 6. The average Bonchev–Trinajstić information content (AvgIpc) is 3.10. The van der Waals surface area contributed by atoms with E-state index in [0.29, 0.717) is 11.5 Å². The van der Waals surface area contributed by atoms with Gasteiger partial charge < -0.3 is 19.5 Å². The highest BCUT2D eigenvalue weighted by molar-refractivity contribution is 6.06. The third-order valence-electron chi connectivity index (χ3n) is 6.59. The van der Waals surface area contributed by atoms with Gasteiger partial charge in [-0.05, 0) is 61.3 Å². The molecule has 2 aliphatic rings. The monoisotopic (exact) mass is 445 g/mol. The number of aromatic nitrogens is 1. The van der Waals surface area contributed by atoms with Gasteiger partial charge in [0.05, 0.1) is 25.8 Å². The minimum absolute atomic E-state index is 0.0547. The molecule has 1 fully saturated rings. The van der Waals surface area contributed by atoms with Crippen LogP contribution in [0.3, 0.4) is 0 Å². The molecule has 1 amide bonds. The molecule has 0 atom stereocenters. The molecular weight excluding hydrogens is 418 g/mol. The maximum absolute atomic E-state index is 13.2. The van der Waals surface area contributed by atoms with Crippen LogP contribution in [0, 0.1) is 0 Å². The number of pyridine rings is 1. The van der Waals surface area contributed by atoms with Crippen LogP contribution in [0.25, 0.3) is 0 Å². The lowest BCUT2D eigenvalue weighted by Gasteiger charge is -2.38. The number of ether oxygens (including phenoxy) is 3. The molecule has 1 aromatic heterocycles. The van der Waals surface area contributed by atoms with Gasteiger partial charge in [-0.25, -0.2) is 0 Å². The number of likely N-dealkylation sites (tertiary alicyclic amines) is 1. The number of benzene rings is 2. The number of hydrogen-bond acceptors (Lipinski definition) is 6. The van der Waals surface area contributed by atoms with Crippen LogP contribution in [0.15, 0.2) is 60.9 Å². The number of amides is 1. The molecule has 0 unspecified atom stereocenters. The molecule has 0 radical (unpaired) electrons. The fraction of sp³-hybridized carbons (Fsp3) is 0.308. The molecule has 7 heteroatoms. The fourth-order valence-electron chi connectivity index (χ4n) is 4.79. The van der Waals surface area contributed by atoms with Crippen LogP contribution in [-0.4, -0.2) is 43.1 Å². The van der Waals surface area contributed by atoms with Crippen LogP contribution < -0.4 is 19.5 Å². The summed E-state index contributed by atoms with van der Waals surface area (Å²) >= 11 is 0. The van der Waals surface area contributed by atoms with E-state index in [-0.39, 0.29) is 5.91 Å². The van der Waals surface area contributed by atoms with Crippen molar-refractivity contribution in [3.63, 3.8) is 0 Å². The zero-order valence-corrected chi connectivity index (χ0v) is 18.8. The molecular formula is C26H27N3O4. The van der Waals surface area contributed by atoms with Crippen molar-refractivity contribution in [2.45, 2.75) is 24.8 Å². The van der Waals surface area contributed by atoms with E-state index in [2.05, 4.69) is 15.2 Å². The summed E-state index contributed by atoms with van der Waals surface area (Å²) in [4.78, 5) is 19.8. The number of piperidine rings is 1. The molecule has 0 saturated carbocycles. The molecule has 7 nitrogen and oxygen atoms in total. The Bertz CT molecular complexity index is 1160. The van der Waals surface area contributed by atoms with E-state index >= 15 is 0 Å². The van der Waals surface area contributed by atoms with Crippen molar-refractivity contribution in [2.75, 3.05) is 32.6 Å². The Kier molecular flexibility index (Phi) is 5.64. The quantitative estimate of drug-likeness (QED) is 0.607. The highest BCUT2D eigenvalue weighted by atomic mass is 16.5. The second-order valence-electron chi connectivity index (χ2n) is 8.51. The summed E-state index contributed by atoms with van der Waals surface area (Å²) in [7, 11) is 3.27. The Labute approximate surface area is 193 Å². The minimum Gasteiger partial charge on any atom is -0.495 e. The Morgan fingerprint density at radius 3 is 2.48 bits per heavy atom. The largest absolute Gasteiger partial charge is 0.495 e. The van der Waals surface area contributed by atoms with E-state index < -0.39 is 5.41 Å². The Hall–Kier alpha value is -3.58. The summed E-state index contributed by atoms with van der Waals surface area (Å²) in [6, 6.07) is 15.4. The predicted molar refractivity (Wildman–Crippen MR) is 125 cm³/mol. The first kappa shape index (κ1) is 21.3. The van der Waals surface area contributed by atoms with Crippen LogP contribution in [0.2, 0.25) is 0 Å². The van der Waals surface area contributed by atoms with Crippen molar-refractivity contribution in [2.24, 2.45) is 0 Å². The summed E-state index contributed by atoms with van der Waals surface area (Å²) in [5.74, 6) is 2.74. The third-order valence-corrected chi connectivity index (χ3v) is 6.59. The van der Waals surface area contributed by atoms with E-state index in [4.69, 9.17) is 14.2 Å². The van der Waals surface area contributed by atoms with Crippen LogP contribution in [-0.2, 0) is 16.8 Å². The van der Waals surface area contributed by atoms with Gasteiger partial charge in [-0.2, -0.15) is 0 Å². The summed E-state index contributed by atoms with van der Waals surface area (Å²) < 4.78 is 17.0. The van der Waals surface area contributed by atoms with Crippen molar-refractivity contribution in [1.29, 1.82) is 0 Å². The van der Waals surface area contributed by atoms with Crippen molar-refractivity contribution in [3.8, 4) is 23.0 Å². The number of anilines is 1. The van der Waals surface area contributed by atoms with E-state index in [1.165, 1.54) is 0 Å². The molecule has 1 N–H and O–H groups in total. The third kappa shape index (κ3) is 4.00. The van der Waals surface area contributed by atoms with Crippen molar-refractivity contribution < 1.29 is 19.0 Å². The van der Waals surface area contributed by atoms with Crippen molar-refractivity contribution in [3.05, 3.63) is 72.1 Å². The molecule has 0 bridgehead atoms. The molecule has 170 valence electrons. The zero-order valence-electron chi connectivity index (χ0n) is 18.8. The van der Waals surface area contributed by atoms with E-state index in [0.717, 1.165) is 60.8 Å². The molecule has 5 rings (SSSR count). The van der Waals surface area contributed by atoms with Crippen molar-refractivity contribution in [1.82, 2.24) is 9.88 Å². The van der Waals surface area contributed by atoms with Crippen LogP contribution in [0.1, 0.15) is 24.0 Å². The van der Waals surface area contributed by atoms with Gasteiger partial charge in [0.15, 0.2) is 11.5 Å². The lowest BCUT2D eigenvalue weighted by Crippen LogP contribution is -2.46. The minimum atomic E-state index is -0.545. The SMILES string of the molecule is COc1cncc(CN2CCC3(CC2)C(=O)Nc2cc(Oc4ccccc4)c(OC)cc23)c1. The molecule has 1 spiro atoms. The van der Waals surface area contributed by atoms with Gasteiger partial charge in [0.1, 0.15) is 11.5 Å². The number of para-hydroxylation sites is 1. The lowest BCUT2D eigenvalue weighted by atomic mass is 9.73. The zero-order chi connectivity index (χ0) is 22.8. The van der Waals surface area contributed by atoms with E-state index in [1.807, 2.05) is 54.7 Å². The van der Waals surface area contributed by atoms with Crippen molar-refractivity contribution >= 4 is 11.6 Å². The van der Waals surface area contributed by atoms with Gasteiger partial charge in [0, 0.05) is 24.5 Å². The molecule has 0 aliphatic carbocycles. The Morgan fingerprint density at radius 1 is 0.970 bits per heavy atom. The van der Waals surface area contributed by atoms with Gasteiger partial charge in [-0.1, -0.05) is 18.2 Å². The number of nitrogens with zero attached hydrogens (tertiary/aromatic N) is 2. The Morgan fingerprint density at radius 2 is 1.76 bits per heavy atom. The summed E-state index contributed by atoms with van der Waals surface area (Å²) in [6.45, 7) is 2.41. The van der Waals surface area contributed by atoms with Crippen LogP contribution >= 0.6 is 0 Å². The Balaban J connectivity index is 1.36. The summed E-state index contributed by atoms with van der Waals surface area (Å²) in [5, 5.41) is 3.10. The second kappa shape index (κ2) is 8.75. The standard InChI is InChI=1S/C26H27N3O4/c1-31-20-12-18(15-27-16-20)17-29-10-8-26(9-11-29)21-13-23(32-2)24(14-22(21)28-25(26)30)33-19-6-4-3-5-7-19/h3-7,12-16H,8-11,17H2,1-2H3,(H,28,30). The number of hydrogen-bond donors (Lipinski definition) is 1. The van der Waals surface area contributed by atoms with E-state index in [9.17, 15) is 4.79 Å². The van der Waals surface area contributed by atoms with Gasteiger partial charge in [0.2, 0.25) is 5.91 Å². The fourth-order valence-corrected chi connectivity index (χ4v) is 4.79. The van der Waals surface area contributed by atoms with Gasteiger partial charge in [0.25, 0.3) is 0 Å². The molecule has 2 aromatic carbocycles. The summed E-state index contributed by atoms with van der Waals surface area (Å²) in [5.41, 5.74) is 2.35. The predicted octanol–water partition coefficient (Wildman–Crippen LogP) is 4.38. The summed E-state index contributed by atoms with van der Waals surface area (Å²) in [6.07, 6.45) is 5.05. The second-order valence-corrected chi connectivity index (χ2v) is 8.51. The number of carbonyl (C=O) groups is 1. The van der Waals surface area contributed by atoms with Gasteiger partial charge >= 0.3 is 0 Å². The van der Waals surface area contributed by atoms with Crippen LogP contribution in [0.4, 0.5) is 5.69 Å². The first-order valence-electron chi connectivity index (χ1n) is 11.1. The number of carbonyl (C=O) groups excluding carboxylic acids is 1. The highest BCUT2D eigenvalue weighted by Gasteiger charge is 2.49. The highest BCUT2D eigenvalue weighted by Crippen LogP contribution is 2.49. The molecule has 2 aliphatic heterocycles. The molecule has 1 saturated heterocycles. The average molecular weight is 446 g/mol. The number of methoxy groups -OCH3 is 2. The van der Waals surface area contributed by atoms with E-state index in [1.54, 1.807) is 20.4 Å². The molecule has 3 aromatic rings. The van der Waals surface area contributed by atoms with Gasteiger partial charge in [-0.15, -0.1) is 0 Å². The normalized spacial score (nSPS) is 16.8. The lowest BCUT2D eigenvalue weighted by molar-refractivity contribution is -0.122. The molecule has 33 heavy (non-hydrogen) atoms. The maximum Gasteiger partial charge on any atom is 0.235 e. The number of nitrogens with one attached hydrogen (secondary N) is 1. The topological polar surface area (TPSA) is 72.9 Å². The molecule has 3 heterocycles. The first-order chi connectivity index (χ1) is 16.1. The number of fused-ring (bicyclic) bond motifs is 2. The smallest absolute Gasteiger partial charge is 0.235 e. The maximum atomic E-state index is 13.2. The first-order valence-corrected chi connectivity index (χ1v) is 11.1. The van der Waals surface area contributed by atoms with Gasteiger partial charge in [-0.3, -0.25) is 14.7 Å².